The molecule has 0 atom stereocenters. The van der Waals surface area contributed by atoms with Crippen LogP contribution in [0.3, 0.4) is 0 Å². The first-order valence-electron chi connectivity index (χ1n) is 22.1. The molecule has 0 N–H and O–H groups in total. The number of aromatic nitrogens is 4. The minimum Gasteiger partial charge on any atom is -0.455 e. The van der Waals surface area contributed by atoms with Gasteiger partial charge in [-0.05, 0) is 47.0 Å². The third kappa shape index (κ3) is 6.29. The Morgan fingerprint density at radius 3 is 1.37 bits per heavy atom. The van der Waals surface area contributed by atoms with Crippen LogP contribution < -0.4 is 0 Å². The molecule has 0 radical (unpaired) electrons. The molecule has 9 aromatic carbocycles. The van der Waals surface area contributed by atoms with E-state index in [1.165, 1.54) is 0 Å². The molecule has 13 aromatic rings. The van der Waals surface area contributed by atoms with Gasteiger partial charge < -0.3 is 8.83 Å². The van der Waals surface area contributed by atoms with Crippen molar-refractivity contribution in [3.63, 3.8) is 0 Å². The van der Waals surface area contributed by atoms with Crippen LogP contribution in [0.1, 0.15) is 13.8 Å². The highest BCUT2D eigenvalue weighted by molar-refractivity contribution is 6.16. The van der Waals surface area contributed by atoms with Gasteiger partial charge in [-0.15, -0.1) is 0 Å². The summed E-state index contributed by atoms with van der Waals surface area (Å²) in [6, 6.07) is 71.5. The summed E-state index contributed by atoms with van der Waals surface area (Å²) >= 11 is 0. The van der Waals surface area contributed by atoms with E-state index >= 15 is 0 Å². The fraction of sp³-hybridized carbons (Fsp3) is 0.0339. The number of nitrogens with zero attached hydrogens (tertiary/aromatic N) is 4. The fourth-order valence-electron chi connectivity index (χ4n) is 9.38. The van der Waals surface area contributed by atoms with Crippen molar-refractivity contribution in [2.75, 3.05) is 0 Å². The molecular formula is C59H40N4O2. The summed E-state index contributed by atoms with van der Waals surface area (Å²) in [6.07, 6.45) is 0. The number of benzene rings is 9. The minimum absolute atomic E-state index is 0.533. The highest BCUT2D eigenvalue weighted by Gasteiger charge is 2.23. The second kappa shape index (κ2) is 15.6. The van der Waals surface area contributed by atoms with Crippen LogP contribution in [0.15, 0.2) is 215 Å². The first-order valence-corrected chi connectivity index (χ1v) is 22.1. The third-order valence-electron chi connectivity index (χ3n) is 12.3. The SMILES string of the molecule is CC.c1ccc(-c2nc(-c3ccccc3)nc(-n3c4ccc(-c5cccc6c5oc5ccccc56)cc4c4cccc(-c5cccc(-c6cccc7c6oc6ccccc67)c5)c43)n2)cc1. The highest BCUT2D eigenvalue weighted by Crippen LogP contribution is 2.43. The molecule has 4 heterocycles. The van der Waals surface area contributed by atoms with E-state index in [1.54, 1.807) is 0 Å². The second-order valence-electron chi connectivity index (χ2n) is 15.9. The predicted molar refractivity (Wildman–Crippen MR) is 267 cm³/mol. The Morgan fingerprint density at radius 1 is 0.338 bits per heavy atom. The van der Waals surface area contributed by atoms with Crippen LogP contribution in [-0.2, 0) is 0 Å². The Hall–Kier alpha value is -8.61. The largest absolute Gasteiger partial charge is 0.455 e. The Bertz CT molecular complexity index is 3860. The molecule has 0 amide bonds. The van der Waals surface area contributed by atoms with Crippen molar-refractivity contribution >= 4 is 65.7 Å². The highest BCUT2D eigenvalue weighted by atomic mass is 16.3. The molecule has 0 fully saturated rings. The zero-order valence-corrected chi connectivity index (χ0v) is 35.7. The zero-order chi connectivity index (χ0) is 43.4. The maximum atomic E-state index is 6.55. The van der Waals surface area contributed by atoms with Crippen molar-refractivity contribution in [3.05, 3.63) is 206 Å². The van der Waals surface area contributed by atoms with E-state index in [2.05, 4.69) is 126 Å². The van der Waals surface area contributed by atoms with E-state index in [0.717, 1.165) is 110 Å². The van der Waals surface area contributed by atoms with Gasteiger partial charge in [0.25, 0.3) is 0 Å². The van der Waals surface area contributed by atoms with Crippen LogP contribution in [-0.4, -0.2) is 19.5 Å². The number of fused-ring (bicyclic) bond motifs is 9. The quantitative estimate of drug-likeness (QED) is 0.167. The van der Waals surface area contributed by atoms with E-state index in [0.29, 0.717) is 17.6 Å². The summed E-state index contributed by atoms with van der Waals surface area (Å²) in [4.78, 5) is 15.6. The average Bonchev–Trinajstić information content (AvgIpc) is 4.07. The molecule has 0 saturated carbocycles. The first-order chi connectivity index (χ1) is 32.2. The summed E-state index contributed by atoms with van der Waals surface area (Å²) < 4.78 is 15.3. The molecule has 0 spiro atoms. The van der Waals surface area contributed by atoms with Crippen LogP contribution in [0.5, 0.6) is 0 Å². The maximum absolute atomic E-state index is 6.55. The zero-order valence-electron chi connectivity index (χ0n) is 35.7. The Labute approximate surface area is 374 Å². The Balaban J connectivity index is 0.00000219. The van der Waals surface area contributed by atoms with Crippen molar-refractivity contribution in [2.45, 2.75) is 13.8 Å². The van der Waals surface area contributed by atoms with Gasteiger partial charge >= 0.3 is 0 Å². The molecule has 65 heavy (non-hydrogen) atoms. The topological polar surface area (TPSA) is 69.9 Å². The molecule has 0 unspecified atom stereocenters. The third-order valence-corrected chi connectivity index (χ3v) is 12.3. The molecular weight excluding hydrogens is 797 g/mol. The monoisotopic (exact) mass is 836 g/mol. The van der Waals surface area contributed by atoms with Crippen molar-refractivity contribution in [1.82, 2.24) is 19.5 Å². The van der Waals surface area contributed by atoms with Gasteiger partial charge in [-0.25, -0.2) is 4.98 Å². The smallest absolute Gasteiger partial charge is 0.238 e. The summed E-state index contributed by atoms with van der Waals surface area (Å²) in [7, 11) is 0. The average molecular weight is 837 g/mol. The van der Waals surface area contributed by atoms with Gasteiger partial charge in [-0.1, -0.05) is 190 Å². The van der Waals surface area contributed by atoms with Gasteiger partial charge in [-0.3, -0.25) is 4.57 Å². The van der Waals surface area contributed by atoms with Crippen LogP contribution in [0.2, 0.25) is 0 Å². The van der Waals surface area contributed by atoms with Crippen LogP contribution in [0.25, 0.3) is 128 Å². The van der Waals surface area contributed by atoms with Gasteiger partial charge in [0, 0.05) is 60.1 Å². The van der Waals surface area contributed by atoms with E-state index in [1.807, 2.05) is 98.8 Å². The number of hydrogen-bond donors (Lipinski definition) is 0. The standard InChI is InChI=1S/C57H34N4O2.C2H6/c1-3-15-35(16-4-1)55-58-56(36-17-5-2-6-18-36)60-57(59-55)61-49-32-31-39(42-25-14-28-47-44-22-8-10-30-51(44)63-54(42)47)34-48(49)45-26-12-23-40(52(45)61)37-19-11-20-38(33-37)41-24-13-27-46-43-21-7-9-29-50(43)62-53(41)46;1-2/h1-34H;1-2H3. The van der Waals surface area contributed by atoms with E-state index in [4.69, 9.17) is 23.8 Å². The maximum Gasteiger partial charge on any atom is 0.238 e. The molecule has 0 bridgehead atoms. The van der Waals surface area contributed by atoms with Gasteiger partial charge in [0.2, 0.25) is 5.95 Å². The van der Waals surface area contributed by atoms with Crippen molar-refractivity contribution in [3.8, 4) is 62.1 Å². The first kappa shape index (κ1) is 38.1. The molecule has 13 rings (SSSR count). The van der Waals surface area contributed by atoms with Gasteiger partial charge in [0.1, 0.15) is 22.3 Å². The minimum atomic E-state index is 0.533. The molecule has 0 aliphatic heterocycles. The normalized spacial score (nSPS) is 11.5. The van der Waals surface area contributed by atoms with E-state index in [9.17, 15) is 0 Å². The fourth-order valence-corrected chi connectivity index (χ4v) is 9.38. The lowest BCUT2D eigenvalue weighted by molar-refractivity contribution is 0.669. The number of hydrogen-bond acceptors (Lipinski definition) is 5. The molecule has 308 valence electrons. The van der Waals surface area contributed by atoms with Crippen molar-refractivity contribution < 1.29 is 8.83 Å². The number of rotatable bonds is 6. The van der Waals surface area contributed by atoms with Crippen LogP contribution in [0.4, 0.5) is 0 Å². The van der Waals surface area contributed by atoms with Crippen LogP contribution in [0, 0.1) is 0 Å². The molecule has 0 aliphatic carbocycles. The van der Waals surface area contributed by atoms with Gasteiger partial charge in [0.15, 0.2) is 11.6 Å². The van der Waals surface area contributed by atoms with E-state index < -0.39 is 0 Å². The molecule has 4 aromatic heterocycles. The van der Waals surface area contributed by atoms with Crippen molar-refractivity contribution in [2.24, 2.45) is 0 Å². The van der Waals surface area contributed by atoms with Gasteiger partial charge in [-0.2, -0.15) is 9.97 Å². The Kier molecular flexibility index (Phi) is 9.16. The second-order valence-corrected chi connectivity index (χ2v) is 15.9. The lowest BCUT2D eigenvalue weighted by Crippen LogP contribution is -2.07. The molecule has 6 nitrogen and oxygen atoms in total. The van der Waals surface area contributed by atoms with Crippen LogP contribution >= 0.6 is 0 Å². The number of furan rings is 2. The van der Waals surface area contributed by atoms with Gasteiger partial charge in [0.05, 0.1) is 11.0 Å². The Morgan fingerprint density at radius 2 is 0.785 bits per heavy atom. The summed E-state index contributed by atoms with van der Waals surface area (Å²) in [5.41, 5.74) is 13.6. The molecule has 0 saturated heterocycles. The van der Waals surface area contributed by atoms with E-state index in [-0.39, 0.29) is 0 Å². The summed E-state index contributed by atoms with van der Waals surface area (Å²) in [5.74, 6) is 1.73. The van der Waals surface area contributed by atoms with Crippen molar-refractivity contribution in [1.29, 1.82) is 0 Å². The number of para-hydroxylation sites is 5. The lowest BCUT2D eigenvalue weighted by Gasteiger charge is -2.13. The summed E-state index contributed by atoms with van der Waals surface area (Å²) in [6.45, 7) is 4.00. The molecule has 0 aliphatic rings. The molecule has 6 heteroatoms. The summed E-state index contributed by atoms with van der Waals surface area (Å²) in [5, 5.41) is 6.56. The predicted octanol–water partition coefficient (Wildman–Crippen LogP) is 16.1. The lowest BCUT2D eigenvalue weighted by atomic mass is 9.96.